The topological polar surface area (TPSA) is 72.9 Å². The Morgan fingerprint density at radius 3 is 2.38 bits per heavy atom. The number of carboxylic acid groups (broad SMARTS) is 1. The molecule has 1 aromatic rings. The van der Waals surface area contributed by atoms with Gasteiger partial charge in [0.1, 0.15) is 6.04 Å². The second kappa shape index (κ2) is 7.08. The lowest BCUT2D eigenvalue weighted by atomic mass is 10.0. The Bertz CT molecular complexity index is 484. The average Bonchev–Trinajstić information content (AvgIpc) is 2.47. The van der Waals surface area contributed by atoms with E-state index in [0.717, 1.165) is 18.7 Å². The maximum atomic E-state index is 12.5. The first kappa shape index (κ1) is 15.3. The van der Waals surface area contributed by atoms with Crippen LogP contribution < -0.4 is 5.32 Å². The number of carbonyl (C=O) groups excluding carboxylic acids is 1. The maximum absolute atomic E-state index is 12.5. The summed E-state index contributed by atoms with van der Waals surface area (Å²) in [5.74, 6) is -0.144. The monoisotopic (exact) mass is 291 g/mol. The fourth-order valence-corrected chi connectivity index (χ4v) is 2.45. The molecule has 0 aliphatic carbocycles. The second-order valence-electron chi connectivity index (χ2n) is 5.32. The Labute approximate surface area is 124 Å². The van der Waals surface area contributed by atoms with E-state index in [0.29, 0.717) is 19.5 Å². The number of amides is 2. The number of benzene rings is 1. The Morgan fingerprint density at radius 2 is 1.81 bits per heavy atom. The van der Waals surface area contributed by atoms with Crippen LogP contribution in [0.15, 0.2) is 30.3 Å². The molecule has 0 bridgehead atoms. The molecule has 1 aliphatic heterocycles. The molecule has 1 unspecified atom stereocenters. The minimum absolute atomic E-state index is 0.144. The van der Waals surface area contributed by atoms with Crippen LogP contribution in [0.5, 0.6) is 0 Å². The van der Waals surface area contributed by atoms with Crippen LogP contribution in [0.4, 0.5) is 4.79 Å². The van der Waals surface area contributed by atoms with Crippen molar-refractivity contribution in [1.29, 1.82) is 0 Å². The largest absolute Gasteiger partial charge is 0.465 e. The molecule has 1 aliphatic rings. The van der Waals surface area contributed by atoms with Gasteiger partial charge in [-0.2, -0.15) is 0 Å². The average molecular weight is 291 g/mol. The molecule has 1 saturated heterocycles. The van der Waals surface area contributed by atoms with Crippen LogP contribution in [0.2, 0.25) is 0 Å². The van der Waals surface area contributed by atoms with Gasteiger partial charge in [-0.15, -0.1) is 0 Å². The predicted molar refractivity (Wildman–Crippen MR) is 79.2 cm³/mol. The summed E-state index contributed by atoms with van der Waals surface area (Å²) in [6, 6.07) is 8.72. The third-order valence-corrected chi connectivity index (χ3v) is 3.69. The van der Waals surface area contributed by atoms with Gasteiger partial charge in [-0.3, -0.25) is 4.79 Å². The second-order valence-corrected chi connectivity index (χ2v) is 5.32. The SMILES string of the molecule is CN1CCN(C(=O)C(Cc2ccccc2)NC(=O)O)CC1. The molecule has 1 atom stereocenters. The van der Waals surface area contributed by atoms with Gasteiger partial charge in [-0.25, -0.2) is 4.79 Å². The summed E-state index contributed by atoms with van der Waals surface area (Å²) in [4.78, 5) is 27.4. The first-order valence-corrected chi connectivity index (χ1v) is 7.07. The summed E-state index contributed by atoms with van der Waals surface area (Å²) in [5, 5.41) is 11.3. The van der Waals surface area contributed by atoms with Crippen LogP contribution in [-0.2, 0) is 11.2 Å². The minimum Gasteiger partial charge on any atom is -0.465 e. The summed E-state index contributed by atoms with van der Waals surface area (Å²) in [7, 11) is 2.01. The Kier molecular flexibility index (Phi) is 5.16. The van der Waals surface area contributed by atoms with Crippen LogP contribution in [0.3, 0.4) is 0 Å². The van der Waals surface area contributed by atoms with Gasteiger partial charge in [0.15, 0.2) is 0 Å². The number of carbonyl (C=O) groups is 2. The number of nitrogens with zero attached hydrogens (tertiary/aromatic N) is 2. The third-order valence-electron chi connectivity index (χ3n) is 3.69. The highest BCUT2D eigenvalue weighted by molar-refractivity contribution is 5.85. The highest BCUT2D eigenvalue weighted by atomic mass is 16.4. The zero-order chi connectivity index (χ0) is 15.2. The van der Waals surface area contributed by atoms with E-state index >= 15 is 0 Å². The predicted octanol–water partition coefficient (Wildman–Crippen LogP) is 0.639. The zero-order valence-electron chi connectivity index (χ0n) is 12.2. The summed E-state index contributed by atoms with van der Waals surface area (Å²) in [6.07, 6.45) is -0.795. The van der Waals surface area contributed by atoms with Crippen molar-refractivity contribution in [3.05, 3.63) is 35.9 Å². The molecule has 6 nitrogen and oxygen atoms in total. The van der Waals surface area contributed by atoms with E-state index in [-0.39, 0.29) is 5.91 Å². The van der Waals surface area contributed by atoms with Crippen molar-refractivity contribution in [1.82, 2.24) is 15.1 Å². The number of likely N-dealkylation sites (N-methyl/N-ethyl adjacent to an activating group) is 1. The standard InChI is InChI=1S/C15H21N3O3/c1-17-7-9-18(10-8-17)14(19)13(16-15(20)21)11-12-5-3-2-4-6-12/h2-6,13,16H,7-11H2,1H3,(H,20,21). The molecule has 0 aromatic heterocycles. The molecule has 2 N–H and O–H groups in total. The van der Waals surface area contributed by atoms with Gasteiger partial charge >= 0.3 is 6.09 Å². The fourth-order valence-electron chi connectivity index (χ4n) is 2.45. The summed E-state index contributed by atoms with van der Waals surface area (Å²) >= 11 is 0. The van der Waals surface area contributed by atoms with Gasteiger partial charge in [0.25, 0.3) is 0 Å². The summed E-state index contributed by atoms with van der Waals surface area (Å²) in [5.41, 5.74) is 0.943. The first-order valence-electron chi connectivity index (χ1n) is 7.07. The number of nitrogens with one attached hydrogen (secondary N) is 1. The van der Waals surface area contributed by atoms with Crippen LogP contribution >= 0.6 is 0 Å². The van der Waals surface area contributed by atoms with Gasteiger partial charge in [0, 0.05) is 32.6 Å². The van der Waals surface area contributed by atoms with E-state index in [4.69, 9.17) is 5.11 Å². The van der Waals surface area contributed by atoms with Crippen molar-refractivity contribution in [3.63, 3.8) is 0 Å². The lowest BCUT2D eigenvalue weighted by Crippen LogP contribution is -2.54. The normalized spacial score (nSPS) is 17.3. The molecule has 0 spiro atoms. The number of piperazine rings is 1. The first-order chi connectivity index (χ1) is 10.1. The molecule has 6 heteroatoms. The molecule has 1 aromatic carbocycles. The molecular weight excluding hydrogens is 270 g/mol. The molecule has 0 saturated carbocycles. The summed E-state index contributed by atoms with van der Waals surface area (Å²) in [6.45, 7) is 2.91. The van der Waals surface area contributed by atoms with E-state index in [1.54, 1.807) is 4.90 Å². The highest BCUT2D eigenvalue weighted by Gasteiger charge is 2.27. The molecule has 114 valence electrons. The fraction of sp³-hybridized carbons (Fsp3) is 0.467. The van der Waals surface area contributed by atoms with Gasteiger partial charge < -0.3 is 20.2 Å². The molecule has 2 amide bonds. The van der Waals surface area contributed by atoms with E-state index in [9.17, 15) is 9.59 Å². The Morgan fingerprint density at radius 1 is 1.19 bits per heavy atom. The smallest absolute Gasteiger partial charge is 0.405 e. The third kappa shape index (κ3) is 4.46. The molecule has 21 heavy (non-hydrogen) atoms. The quantitative estimate of drug-likeness (QED) is 0.854. The van der Waals surface area contributed by atoms with Crippen LogP contribution in [0.1, 0.15) is 5.56 Å². The van der Waals surface area contributed by atoms with Crippen LogP contribution in [0.25, 0.3) is 0 Å². The molecule has 1 heterocycles. The van der Waals surface area contributed by atoms with E-state index in [2.05, 4.69) is 10.2 Å². The van der Waals surface area contributed by atoms with Crippen molar-refractivity contribution in [2.45, 2.75) is 12.5 Å². The lowest BCUT2D eigenvalue weighted by Gasteiger charge is -2.34. The molecule has 0 radical (unpaired) electrons. The molecular formula is C15H21N3O3. The van der Waals surface area contributed by atoms with Gasteiger partial charge in [-0.1, -0.05) is 30.3 Å². The van der Waals surface area contributed by atoms with Crippen molar-refractivity contribution >= 4 is 12.0 Å². The summed E-state index contributed by atoms with van der Waals surface area (Å²) < 4.78 is 0. The van der Waals surface area contributed by atoms with Crippen molar-refractivity contribution < 1.29 is 14.7 Å². The van der Waals surface area contributed by atoms with Gasteiger partial charge in [0.05, 0.1) is 0 Å². The Balaban J connectivity index is 2.04. The van der Waals surface area contributed by atoms with E-state index in [1.165, 1.54) is 0 Å². The Hall–Kier alpha value is -2.08. The van der Waals surface area contributed by atoms with Gasteiger partial charge in [0.2, 0.25) is 5.91 Å². The lowest BCUT2D eigenvalue weighted by molar-refractivity contribution is -0.134. The van der Waals surface area contributed by atoms with Crippen molar-refractivity contribution in [2.24, 2.45) is 0 Å². The van der Waals surface area contributed by atoms with Crippen LogP contribution in [-0.4, -0.2) is 66.2 Å². The zero-order valence-corrected chi connectivity index (χ0v) is 12.2. The number of hydrogen-bond acceptors (Lipinski definition) is 3. The minimum atomic E-state index is -1.17. The van der Waals surface area contributed by atoms with Crippen molar-refractivity contribution in [2.75, 3.05) is 33.2 Å². The number of hydrogen-bond donors (Lipinski definition) is 2. The highest BCUT2D eigenvalue weighted by Crippen LogP contribution is 2.08. The number of rotatable bonds is 4. The van der Waals surface area contributed by atoms with E-state index in [1.807, 2.05) is 37.4 Å². The van der Waals surface area contributed by atoms with E-state index < -0.39 is 12.1 Å². The van der Waals surface area contributed by atoms with Crippen LogP contribution in [0, 0.1) is 0 Å². The van der Waals surface area contributed by atoms with Crippen molar-refractivity contribution in [3.8, 4) is 0 Å². The maximum Gasteiger partial charge on any atom is 0.405 e. The van der Waals surface area contributed by atoms with Gasteiger partial charge in [-0.05, 0) is 12.6 Å². The molecule has 1 fully saturated rings. The molecule has 2 rings (SSSR count).